The lowest BCUT2D eigenvalue weighted by atomic mass is 9.83. The molecule has 1 N–H and O–H groups in total. The maximum Gasteiger partial charge on any atom is 0.0627 e. The summed E-state index contributed by atoms with van der Waals surface area (Å²) in [4.78, 5) is 0. The fourth-order valence-corrected chi connectivity index (χ4v) is 2.82. The van der Waals surface area contributed by atoms with Crippen molar-refractivity contribution in [2.75, 3.05) is 6.54 Å². The Morgan fingerprint density at radius 2 is 2.38 bits per heavy atom. The van der Waals surface area contributed by atoms with E-state index in [4.69, 9.17) is 0 Å². The average molecular weight is 221 g/mol. The molecule has 0 bridgehead atoms. The molecule has 3 heteroatoms. The Labute approximate surface area is 98.2 Å². The quantitative estimate of drug-likeness (QED) is 0.844. The molecule has 0 saturated heterocycles. The normalized spacial score (nSPS) is 25.9. The SMILES string of the molecule is CCNC1CCCC(Cc2ccn(C)n2)C1. The highest BCUT2D eigenvalue weighted by atomic mass is 15.2. The molecule has 90 valence electrons. The molecule has 1 fully saturated rings. The number of hydrogen-bond acceptors (Lipinski definition) is 2. The van der Waals surface area contributed by atoms with E-state index in [1.165, 1.54) is 31.4 Å². The summed E-state index contributed by atoms with van der Waals surface area (Å²) >= 11 is 0. The molecule has 0 aliphatic heterocycles. The van der Waals surface area contributed by atoms with E-state index in [2.05, 4.69) is 23.4 Å². The predicted molar refractivity (Wildman–Crippen MR) is 66.3 cm³/mol. The summed E-state index contributed by atoms with van der Waals surface area (Å²) in [7, 11) is 1.99. The third kappa shape index (κ3) is 3.08. The van der Waals surface area contributed by atoms with Crippen LogP contribution >= 0.6 is 0 Å². The molecule has 3 nitrogen and oxygen atoms in total. The van der Waals surface area contributed by atoms with Crippen LogP contribution in [0.1, 0.15) is 38.3 Å². The minimum atomic E-state index is 0.743. The van der Waals surface area contributed by atoms with E-state index in [-0.39, 0.29) is 0 Å². The maximum absolute atomic E-state index is 4.47. The molecule has 2 unspecified atom stereocenters. The molecular formula is C13H23N3. The molecule has 1 aromatic heterocycles. The lowest BCUT2D eigenvalue weighted by Crippen LogP contribution is -2.34. The second-order valence-corrected chi connectivity index (χ2v) is 4.97. The van der Waals surface area contributed by atoms with Crippen LogP contribution in [0.4, 0.5) is 0 Å². The van der Waals surface area contributed by atoms with Crippen molar-refractivity contribution in [3.05, 3.63) is 18.0 Å². The van der Waals surface area contributed by atoms with Gasteiger partial charge in [0.25, 0.3) is 0 Å². The van der Waals surface area contributed by atoms with E-state index < -0.39 is 0 Å². The van der Waals surface area contributed by atoms with Crippen LogP contribution in [0.3, 0.4) is 0 Å². The van der Waals surface area contributed by atoms with Gasteiger partial charge in [0.1, 0.15) is 0 Å². The number of rotatable bonds is 4. The van der Waals surface area contributed by atoms with E-state index >= 15 is 0 Å². The van der Waals surface area contributed by atoms with Crippen molar-refractivity contribution >= 4 is 0 Å². The van der Waals surface area contributed by atoms with Crippen molar-refractivity contribution in [2.24, 2.45) is 13.0 Å². The standard InChI is InChI=1S/C13H23N3/c1-3-14-12-6-4-5-11(9-12)10-13-7-8-16(2)15-13/h7-8,11-12,14H,3-6,9-10H2,1-2H3. The summed E-state index contributed by atoms with van der Waals surface area (Å²) < 4.78 is 1.90. The first kappa shape index (κ1) is 11.6. The highest BCUT2D eigenvalue weighted by Gasteiger charge is 2.21. The van der Waals surface area contributed by atoms with Crippen LogP contribution in [0.25, 0.3) is 0 Å². The Hall–Kier alpha value is -0.830. The minimum absolute atomic E-state index is 0.743. The number of aromatic nitrogens is 2. The number of hydrogen-bond donors (Lipinski definition) is 1. The molecule has 1 saturated carbocycles. The fraction of sp³-hybridized carbons (Fsp3) is 0.769. The zero-order valence-electron chi connectivity index (χ0n) is 10.4. The van der Waals surface area contributed by atoms with Crippen LogP contribution in [0.2, 0.25) is 0 Å². The zero-order valence-corrected chi connectivity index (χ0v) is 10.4. The Morgan fingerprint density at radius 3 is 3.06 bits per heavy atom. The molecular weight excluding hydrogens is 198 g/mol. The summed E-state index contributed by atoms with van der Waals surface area (Å²) in [5.74, 6) is 0.827. The lowest BCUT2D eigenvalue weighted by molar-refractivity contribution is 0.285. The molecule has 1 aromatic rings. The molecule has 0 radical (unpaired) electrons. The van der Waals surface area contributed by atoms with Crippen molar-refractivity contribution in [3.8, 4) is 0 Å². The van der Waals surface area contributed by atoms with Gasteiger partial charge in [-0.25, -0.2) is 0 Å². The van der Waals surface area contributed by atoms with E-state index in [1.807, 2.05) is 17.9 Å². The summed E-state index contributed by atoms with van der Waals surface area (Å²) in [6, 6.07) is 2.89. The van der Waals surface area contributed by atoms with Crippen LogP contribution in [0.15, 0.2) is 12.3 Å². The number of nitrogens with one attached hydrogen (secondary N) is 1. The Kier molecular flexibility index (Phi) is 3.99. The smallest absolute Gasteiger partial charge is 0.0627 e. The van der Waals surface area contributed by atoms with Gasteiger partial charge in [-0.3, -0.25) is 4.68 Å². The Bertz CT molecular complexity index is 317. The molecule has 1 heterocycles. The maximum atomic E-state index is 4.47. The third-order valence-corrected chi connectivity index (χ3v) is 3.54. The van der Waals surface area contributed by atoms with Gasteiger partial charge in [0.2, 0.25) is 0 Å². The first-order chi connectivity index (χ1) is 7.78. The third-order valence-electron chi connectivity index (χ3n) is 3.54. The van der Waals surface area contributed by atoms with Crippen molar-refractivity contribution in [1.82, 2.24) is 15.1 Å². The highest BCUT2D eigenvalue weighted by molar-refractivity contribution is 5.00. The summed E-state index contributed by atoms with van der Waals surface area (Å²) in [5.41, 5.74) is 1.25. The largest absolute Gasteiger partial charge is 0.314 e. The summed E-state index contributed by atoms with van der Waals surface area (Å²) in [6.07, 6.45) is 8.62. The zero-order chi connectivity index (χ0) is 11.4. The van der Waals surface area contributed by atoms with Crippen LogP contribution in [-0.2, 0) is 13.5 Å². The fourth-order valence-electron chi connectivity index (χ4n) is 2.82. The molecule has 16 heavy (non-hydrogen) atoms. The van der Waals surface area contributed by atoms with Crippen LogP contribution in [0, 0.1) is 5.92 Å². The molecule has 1 aliphatic rings. The van der Waals surface area contributed by atoms with E-state index in [1.54, 1.807) is 0 Å². The second kappa shape index (κ2) is 5.48. The molecule has 1 aliphatic carbocycles. The van der Waals surface area contributed by atoms with E-state index in [0.29, 0.717) is 0 Å². The average Bonchev–Trinajstić information content (AvgIpc) is 2.65. The Morgan fingerprint density at radius 1 is 1.50 bits per heavy atom. The van der Waals surface area contributed by atoms with Crippen LogP contribution in [-0.4, -0.2) is 22.4 Å². The number of aryl methyl sites for hydroxylation is 1. The molecule has 0 aromatic carbocycles. The van der Waals surface area contributed by atoms with E-state index in [0.717, 1.165) is 24.9 Å². The molecule has 2 atom stereocenters. The monoisotopic (exact) mass is 221 g/mol. The van der Waals surface area contributed by atoms with Gasteiger partial charge in [-0.15, -0.1) is 0 Å². The molecule has 2 rings (SSSR count). The van der Waals surface area contributed by atoms with E-state index in [9.17, 15) is 0 Å². The van der Waals surface area contributed by atoms with Crippen molar-refractivity contribution in [2.45, 2.75) is 45.1 Å². The highest BCUT2D eigenvalue weighted by Crippen LogP contribution is 2.26. The number of nitrogens with zero attached hydrogens (tertiary/aromatic N) is 2. The molecule has 0 amide bonds. The van der Waals surface area contributed by atoms with Crippen molar-refractivity contribution < 1.29 is 0 Å². The predicted octanol–water partition coefficient (Wildman–Crippen LogP) is 2.13. The van der Waals surface area contributed by atoms with Gasteiger partial charge in [0, 0.05) is 19.3 Å². The lowest BCUT2D eigenvalue weighted by Gasteiger charge is -2.29. The van der Waals surface area contributed by atoms with Gasteiger partial charge in [0.05, 0.1) is 5.69 Å². The minimum Gasteiger partial charge on any atom is -0.314 e. The summed E-state index contributed by atoms with van der Waals surface area (Å²) in [5, 5.41) is 8.05. The van der Waals surface area contributed by atoms with Gasteiger partial charge in [-0.2, -0.15) is 5.10 Å². The van der Waals surface area contributed by atoms with Gasteiger partial charge < -0.3 is 5.32 Å². The van der Waals surface area contributed by atoms with Crippen LogP contribution in [0.5, 0.6) is 0 Å². The first-order valence-electron chi connectivity index (χ1n) is 6.50. The van der Waals surface area contributed by atoms with Crippen LogP contribution < -0.4 is 5.32 Å². The topological polar surface area (TPSA) is 29.9 Å². The Balaban J connectivity index is 1.85. The second-order valence-electron chi connectivity index (χ2n) is 4.97. The van der Waals surface area contributed by atoms with Crippen molar-refractivity contribution in [3.63, 3.8) is 0 Å². The van der Waals surface area contributed by atoms with Gasteiger partial charge >= 0.3 is 0 Å². The molecule has 0 spiro atoms. The van der Waals surface area contributed by atoms with Gasteiger partial charge in [-0.05, 0) is 44.2 Å². The van der Waals surface area contributed by atoms with Gasteiger partial charge in [-0.1, -0.05) is 13.3 Å². The van der Waals surface area contributed by atoms with Crippen molar-refractivity contribution in [1.29, 1.82) is 0 Å². The van der Waals surface area contributed by atoms with Gasteiger partial charge in [0.15, 0.2) is 0 Å². The first-order valence-corrected chi connectivity index (χ1v) is 6.50. The summed E-state index contributed by atoms with van der Waals surface area (Å²) in [6.45, 7) is 3.29.